The van der Waals surface area contributed by atoms with E-state index in [0.717, 1.165) is 39.8 Å². The molecule has 2 heterocycles. The third kappa shape index (κ3) is 3.71. The lowest BCUT2D eigenvalue weighted by Crippen LogP contribution is -2.00. The van der Waals surface area contributed by atoms with Crippen LogP contribution >= 0.6 is 0 Å². The Labute approximate surface area is 168 Å². The number of ether oxygens (including phenoxy) is 1. The van der Waals surface area contributed by atoms with Crippen LogP contribution in [0, 0.1) is 0 Å². The molecule has 0 radical (unpaired) electrons. The topological polar surface area (TPSA) is 59.9 Å². The number of rotatable bonds is 5. The first kappa shape index (κ1) is 17.1. The second-order valence-corrected chi connectivity index (χ2v) is 6.71. The molecule has 5 heteroatoms. The normalized spacial score (nSPS) is 10.9. The molecule has 5 aromatic rings. The van der Waals surface area contributed by atoms with Crippen LogP contribution in [0.5, 0.6) is 11.6 Å². The van der Waals surface area contributed by atoms with E-state index < -0.39 is 0 Å². The van der Waals surface area contributed by atoms with Gasteiger partial charge in [-0.2, -0.15) is 0 Å². The van der Waals surface area contributed by atoms with Gasteiger partial charge >= 0.3 is 0 Å². The van der Waals surface area contributed by atoms with Gasteiger partial charge in [0.2, 0.25) is 5.88 Å². The molecule has 0 amide bonds. The molecule has 0 atom stereocenters. The van der Waals surface area contributed by atoms with Gasteiger partial charge in [-0.1, -0.05) is 30.3 Å². The van der Waals surface area contributed by atoms with E-state index in [1.165, 1.54) is 11.9 Å². The first-order valence-electron chi connectivity index (χ1n) is 9.40. The minimum absolute atomic E-state index is 0.551. The zero-order chi connectivity index (χ0) is 19.5. The van der Waals surface area contributed by atoms with E-state index in [9.17, 15) is 0 Å². The third-order valence-electron chi connectivity index (χ3n) is 4.72. The lowest BCUT2D eigenvalue weighted by Gasteiger charge is -2.10. The number of benzene rings is 3. The maximum absolute atomic E-state index is 5.92. The molecule has 2 aromatic heterocycles. The molecule has 0 saturated carbocycles. The maximum atomic E-state index is 5.92. The van der Waals surface area contributed by atoms with Crippen LogP contribution in [0.1, 0.15) is 5.56 Å². The third-order valence-corrected chi connectivity index (χ3v) is 4.72. The molecule has 0 saturated heterocycles. The molecule has 0 unspecified atom stereocenters. The molecule has 5 rings (SSSR count). The SMILES string of the molecule is c1ccc(Oc2ncnc3cc(NCc4ccc5ncccc5c4)ccc23)cc1. The van der Waals surface area contributed by atoms with Gasteiger partial charge in [0.25, 0.3) is 0 Å². The molecule has 0 aliphatic rings. The molecule has 0 fully saturated rings. The van der Waals surface area contributed by atoms with Gasteiger partial charge in [-0.05, 0) is 54.1 Å². The highest BCUT2D eigenvalue weighted by atomic mass is 16.5. The Bertz CT molecular complexity index is 1290. The van der Waals surface area contributed by atoms with Gasteiger partial charge in [-0.3, -0.25) is 4.98 Å². The zero-order valence-corrected chi connectivity index (χ0v) is 15.6. The van der Waals surface area contributed by atoms with Crippen LogP contribution in [0.15, 0.2) is 91.4 Å². The summed E-state index contributed by atoms with van der Waals surface area (Å²) in [5.74, 6) is 1.30. The number of fused-ring (bicyclic) bond motifs is 2. The van der Waals surface area contributed by atoms with E-state index in [4.69, 9.17) is 4.74 Å². The number of nitrogens with one attached hydrogen (secondary N) is 1. The molecule has 0 aliphatic heterocycles. The van der Waals surface area contributed by atoms with Gasteiger partial charge in [0.15, 0.2) is 0 Å². The summed E-state index contributed by atoms with van der Waals surface area (Å²) in [4.78, 5) is 13.1. The molecular formula is C24H18N4O. The van der Waals surface area contributed by atoms with Crippen molar-refractivity contribution in [2.24, 2.45) is 0 Å². The van der Waals surface area contributed by atoms with Gasteiger partial charge in [0, 0.05) is 23.8 Å². The summed E-state index contributed by atoms with van der Waals surface area (Å²) in [6, 6.07) is 26.0. The van der Waals surface area contributed by atoms with Crippen molar-refractivity contribution in [1.29, 1.82) is 0 Å². The minimum atomic E-state index is 0.551. The quantitative estimate of drug-likeness (QED) is 0.432. The molecule has 0 spiro atoms. The van der Waals surface area contributed by atoms with E-state index in [2.05, 4.69) is 38.5 Å². The lowest BCUT2D eigenvalue weighted by molar-refractivity contribution is 0.468. The van der Waals surface area contributed by atoms with Gasteiger partial charge in [-0.25, -0.2) is 9.97 Å². The maximum Gasteiger partial charge on any atom is 0.230 e. The van der Waals surface area contributed by atoms with Crippen molar-refractivity contribution >= 4 is 27.5 Å². The second kappa shape index (κ2) is 7.56. The Morgan fingerprint density at radius 1 is 0.759 bits per heavy atom. The van der Waals surface area contributed by atoms with Gasteiger partial charge in [-0.15, -0.1) is 0 Å². The van der Waals surface area contributed by atoms with Crippen molar-refractivity contribution in [1.82, 2.24) is 15.0 Å². The molecule has 0 aliphatic carbocycles. The number of para-hydroxylation sites is 1. The van der Waals surface area contributed by atoms with Gasteiger partial charge < -0.3 is 10.1 Å². The summed E-state index contributed by atoms with van der Waals surface area (Å²) in [5.41, 5.74) is 4.03. The van der Waals surface area contributed by atoms with Crippen LogP contribution < -0.4 is 10.1 Å². The van der Waals surface area contributed by atoms with Crippen LogP contribution in [0.4, 0.5) is 5.69 Å². The first-order valence-corrected chi connectivity index (χ1v) is 9.40. The molecule has 5 nitrogen and oxygen atoms in total. The van der Waals surface area contributed by atoms with E-state index in [-0.39, 0.29) is 0 Å². The average molecular weight is 378 g/mol. The monoisotopic (exact) mass is 378 g/mol. The van der Waals surface area contributed by atoms with Crippen molar-refractivity contribution in [3.05, 3.63) is 97.0 Å². The van der Waals surface area contributed by atoms with E-state index in [1.807, 2.05) is 66.9 Å². The number of hydrogen-bond acceptors (Lipinski definition) is 5. The number of aromatic nitrogens is 3. The Morgan fingerprint density at radius 3 is 2.62 bits per heavy atom. The molecule has 1 N–H and O–H groups in total. The highest BCUT2D eigenvalue weighted by Gasteiger charge is 2.07. The van der Waals surface area contributed by atoms with Crippen LogP contribution in [-0.2, 0) is 6.54 Å². The fourth-order valence-electron chi connectivity index (χ4n) is 3.26. The van der Waals surface area contributed by atoms with E-state index in [0.29, 0.717) is 5.88 Å². The fraction of sp³-hybridized carbons (Fsp3) is 0.0417. The van der Waals surface area contributed by atoms with Crippen molar-refractivity contribution < 1.29 is 4.74 Å². The lowest BCUT2D eigenvalue weighted by atomic mass is 10.1. The predicted octanol–water partition coefficient (Wildman–Crippen LogP) is 5.58. The molecular weight excluding hydrogens is 360 g/mol. The summed E-state index contributed by atoms with van der Waals surface area (Å²) < 4.78 is 5.92. The van der Waals surface area contributed by atoms with Crippen molar-refractivity contribution in [3.8, 4) is 11.6 Å². The molecule has 3 aromatic carbocycles. The summed E-state index contributed by atoms with van der Waals surface area (Å²) >= 11 is 0. The summed E-state index contributed by atoms with van der Waals surface area (Å²) in [6.07, 6.45) is 3.34. The minimum Gasteiger partial charge on any atom is -0.438 e. The standard InChI is InChI=1S/C24H18N4O/c1-2-6-20(7-3-1)29-24-21-10-9-19(14-23(21)27-16-28-24)26-15-17-8-11-22-18(13-17)5-4-12-25-22/h1-14,16,26H,15H2. The zero-order valence-electron chi connectivity index (χ0n) is 15.6. The predicted molar refractivity (Wildman–Crippen MR) is 115 cm³/mol. The number of hydrogen-bond donors (Lipinski definition) is 1. The molecule has 29 heavy (non-hydrogen) atoms. The van der Waals surface area contributed by atoms with Crippen LogP contribution in [0.3, 0.4) is 0 Å². The van der Waals surface area contributed by atoms with E-state index >= 15 is 0 Å². The largest absolute Gasteiger partial charge is 0.438 e. The fourth-order valence-corrected chi connectivity index (χ4v) is 3.26. The van der Waals surface area contributed by atoms with Gasteiger partial charge in [0.1, 0.15) is 12.1 Å². The first-order chi connectivity index (χ1) is 14.3. The smallest absolute Gasteiger partial charge is 0.230 e. The Morgan fingerprint density at radius 2 is 1.69 bits per heavy atom. The van der Waals surface area contributed by atoms with E-state index in [1.54, 1.807) is 0 Å². The summed E-state index contributed by atoms with van der Waals surface area (Å²) in [6.45, 7) is 0.717. The van der Waals surface area contributed by atoms with Crippen LogP contribution in [-0.4, -0.2) is 15.0 Å². The Balaban J connectivity index is 1.37. The van der Waals surface area contributed by atoms with Crippen LogP contribution in [0.2, 0.25) is 0 Å². The van der Waals surface area contributed by atoms with Crippen molar-refractivity contribution in [3.63, 3.8) is 0 Å². The summed E-state index contributed by atoms with van der Waals surface area (Å²) in [7, 11) is 0. The molecule has 0 bridgehead atoms. The molecule has 140 valence electrons. The second-order valence-electron chi connectivity index (χ2n) is 6.71. The van der Waals surface area contributed by atoms with Gasteiger partial charge in [0.05, 0.1) is 16.4 Å². The number of pyridine rings is 1. The summed E-state index contributed by atoms with van der Waals surface area (Å²) in [5, 5.41) is 5.48. The highest BCUT2D eigenvalue weighted by molar-refractivity contribution is 5.86. The number of nitrogens with zero attached hydrogens (tertiary/aromatic N) is 3. The Kier molecular flexibility index (Phi) is 4.47. The van der Waals surface area contributed by atoms with Crippen molar-refractivity contribution in [2.75, 3.05) is 5.32 Å². The van der Waals surface area contributed by atoms with Crippen molar-refractivity contribution in [2.45, 2.75) is 6.54 Å². The highest BCUT2D eigenvalue weighted by Crippen LogP contribution is 2.28. The van der Waals surface area contributed by atoms with Crippen LogP contribution in [0.25, 0.3) is 21.8 Å². The average Bonchev–Trinajstić information content (AvgIpc) is 2.78. The number of anilines is 1. The Hall–Kier alpha value is -3.99.